The average Bonchev–Trinajstić information content (AvgIpc) is 1.62. The van der Waals surface area contributed by atoms with E-state index in [1.54, 1.807) is 0 Å². The van der Waals surface area contributed by atoms with Crippen molar-refractivity contribution in [1.29, 1.82) is 0 Å². The Morgan fingerprint density at radius 2 is 1.09 bits per heavy atom. The average molecular weight is 1340 g/mol. The number of aliphatic hydroxyl groups excluding tert-OH is 2. The highest BCUT2D eigenvalue weighted by Gasteiger charge is 2.52. The number of carbonyl (C=O) groups is 10. The first-order valence-electron chi connectivity index (χ1n) is 33.2. The van der Waals surface area contributed by atoms with E-state index in [4.69, 9.17) is 40.1 Å². The van der Waals surface area contributed by atoms with Gasteiger partial charge in [-0.2, -0.15) is 0 Å². The molecule has 12 atom stereocenters. The number of carboxylic acid groups (broad SMARTS) is 1. The maximum absolute atomic E-state index is 15.4. The first-order valence-corrected chi connectivity index (χ1v) is 33.2. The Balaban J connectivity index is 0.948. The van der Waals surface area contributed by atoms with Crippen LogP contribution in [0.3, 0.4) is 0 Å². The molecule has 6 aliphatic rings. The summed E-state index contributed by atoms with van der Waals surface area (Å²) >= 11 is 0. The van der Waals surface area contributed by atoms with E-state index in [1.807, 2.05) is 48.5 Å². The van der Waals surface area contributed by atoms with Gasteiger partial charge in [-0.15, -0.1) is 0 Å². The number of nitrogens with one attached hydrogen (secondary N) is 6. The van der Waals surface area contributed by atoms with Crippen LogP contribution >= 0.6 is 0 Å². The molecule has 3 aliphatic carbocycles. The summed E-state index contributed by atoms with van der Waals surface area (Å²) in [5, 5.41) is 48.3. The number of rotatable bonds is 31. The third-order valence-electron chi connectivity index (χ3n) is 19.3. The first-order chi connectivity index (χ1) is 45.9. The Bertz CT molecular complexity index is 3200. The lowest BCUT2D eigenvalue weighted by Crippen LogP contribution is -2.62. The quantitative estimate of drug-likeness (QED) is 0.0191. The predicted octanol–water partition coefficient (Wildman–Crippen LogP) is -5.11. The molecule has 0 spiro atoms. The number of hydrogen-bond acceptors (Lipinski definition) is 16. The van der Waals surface area contributed by atoms with Crippen LogP contribution in [-0.2, 0) is 73.6 Å². The van der Waals surface area contributed by atoms with E-state index < -0.39 is 145 Å². The molecule has 2 aromatic carbocycles. The fraction of sp³-hybridized carbons (Fsp3) is 0.609. The minimum Gasteiger partial charge on any atom is -0.480 e. The third kappa shape index (κ3) is 18.9. The Morgan fingerprint density at radius 1 is 0.552 bits per heavy atom. The lowest BCUT2D eigenvalue weighted by Gasteiger charge is -2.34. The molecule has 23 N–H and O–H groups in total. The van der Waals surface area contributed by atoms with Gasteiger partial charge >= 0.3 is 5.97 Å². The maximum Gasteiger partial charge on any atom is 0.326 e. The smallest absolute Gasteiger partial charge is 0.326 e. The van der Waals surface area contributed by atoms with Crippen LogP contribution in [-0.4, -0.2) is 220 Å². The van der Waals surface area contributed by atoms with Gasteiger partial charge in [0, 0.05) is 45.7 Å². The number of aliphatic imine (C=N–C) groups is 3. The SMILES string of the molecule is NC(N)=NCCC[C@@H](N)C(=O)N[C@H](CCCN=C(N)N)C(=O)N1CCC[C@@H]1C(=O)N1C[C@H](O)C[C@@H]1C(=O)NCC(=O)N[C@@H](C(=O)N[C@@H](CO)C(=O)N[C@@H](C(=O)N1CC2CCCCC2[C@@H]1C(=O)N[C@@H](CCCN=C(N)N)C(=O)O)C1Cc2ccccc2C1)C1Cc2ccccc2C1. The van der Waals surface area contributed by atoms with Crippen LogP contribution in [0.4, 0.5) is 0 Å². The zero-order chi connectivity index (χ0) is 69.3. The van der Waals surface area contributed by atoms with Gasteiger partial charge in [-0.05, 0) is 136 Å². The van der Waals surface area contributed by atoms with Gasteiger partial charge in [-0.3, -0.25) is 58.1 Å². The van der Waals surface area contributed by atoms with Crippen molar-refractivity contribution in [3.8, 4) is 0 Å². The molecule has 8 rings (SSSR count). The van der Waals surface area contributed by atoms with Crippen molar-refractivity contribution in [3.63, 3.8) is 0 Å². The summed E-state index contributed by atoms with van der Waals surface area (Å²) in [6, 6.07) is 3.65. The normalized spacial score (nSPS) is 22.3. The summed E-state index contributed by atoms with van der Waals surface area (Å²) in [6.07, 6.45) is 4.62. The van der Waals surface area contributed by atoms with Crippen LogP contribution in [0.15, 0.2) is 63.5 Å². The van der Waals surface area contributed by atoms with Gasteiger partial charge in [-0.1, -0.05) is 61.4 Å². The number of fused-ring (bicyclic) bond motifs is 3. The van der Waals surface area contributed by atoms with Gasteiger partial charge < -0.3 is 102 Å². The van der Waals surface area contributed by atoms with Crippen LogP contribution in [0, 0.1) is 23.7 Å². The van der Waals surface area contributed by atoms with Crippen molar-refractivity contribution in [1.82, 2.24) is 46.6 Å². The largest absolute Gasteiger partial charge is 0.480 e. The predicted molar refractivity (Wildman–Crippen MR) is 352 cm³/mol. The Labute approximate surface area is 556 Å². The number of guanidine groups is 3. The summed E-state index contributed by atoms with van der Waals surface area (Å²) in [4.78, 5) is 158. The van der Waals surface area contributed by atoms with E-state index in [9.17, 15) is 58.5 Å². The number of aliphatic hydroxyl groups is 2. The minimum absolute atomic E-state index is 0.00108. The fourth-order valence-electron chi connectivity index (χ4n) is 14.6. The number of benzene rings is 2. The van der Waals surface area contributed by atoms with Crippen molar-refractivity contribution in [3.05, 3.63) is 70.8 Å². The van der Waals surface area contributed by atoms with E-state index in [0.29, 0.717) is 44.9 Å². The number of aliphatic carboxylic acids is 1. The summed E-state index contributed by atoms with van der Waals surface area (Å²) in [5.41, 5.74) is 42.7. The summed E-state index contributed by atoms with van der Waals surface area (Å²) in [5.74, 6) is -9.83. The van der Waals surface area contributed by atoms with E-state index in [-0.39, 0.29) is 114 Å². The van der Waals surface area contributed by atoms with Gasteiger partial charge in [0.05, 0.1) is 25.3 Å². The van der Waals surface area contributed by atoms with Gasteiger partial charge in [0.2, 0.25) is 53.2 Å². The van der Waals surface area contributed by atoms with E-state index >= 15 is 4.79 Å². The molecule has 32 nitrogen and oxygen atoms in total. The molecule has 0 aromatic heterocycles. The zero-order valence-electron chi connectivity index (χ0n) is 54.0. The summed E-state index contributed by atoms with van der Waals surface area (Å²) in [7, 11) is 0. The number of amides is 9. The van der Waals surface area contributed by atoms with E-state index in [0.717, 1.165) is 46.4 Å². The maximum atomic E-state index is 15.4. The fourth-order valence-corrected chi connectivity index (χ4v) is 14.6. The highest BCUT2D eigenvalue weighted by atomic mass is 16.4. The van der Waals surface area contributed by atoms with Gasteiger partial charge in [0.25, 0.3) is 0 Å². The van der Waals surface area contributed by atoms with Gasteiger partial charge in [0.1, 0.15) is 48.3 Å². The molecule has 3 aliphatic heterocycles. The van der Waals surface area contributed by atoms with Crippen LogP contribution in [0.25, 0.3) is 0 Å². The topological polar surface area (TPSA) is 533 Å². The molecule has 32 heteroatoms. The molecule has 0 radical (unpaired) electrons. The number of β-amino-alcohol motifs (C(OH)–C–C–N with tert-alkyl or cyclic N) is 1. The van der Waals surface area contributed by atoms with Crippen molar-refractivity contribution in [2.75, 3.05) is 52.4 Å². The molecule has 1 saturated carbocycles. The number of nitrogens with zero attached hydrogens (tertiary/aromatic N) is 6. The lowest BCUT2D eigenvalue weighted by atomic mass is 9.78. The van der Waals surface area contributed by atoms with Gasteiger partial charge in [0.15, 0.2) is 17.9 Å². The second-order valence-corrected chi connectivity index (χ2v) is 26.0. The molecule has 4 fully saturated rings. The number of carbonyl (C=O) groups excluding carboxylic acids is 9. The van der Waals surface area contributed by atoms with Crippen LogP contribution in [0.2, 0.25) is 0 Å². The van der Waals surface area contributed by atoms with Crippen LogP contribution in [0.5, 0.6) is 0 Å². The summed E-state index contributed by atoms with van der Waals surface area (Å²) in [6.45, 7) is -1.17. The number of carboxylic acids is 1. The molecule has 9 amide bonds. The molecular formula is C64H95N19O13. The second-order valence-electron chi connectivity index (χ2n) is 26.0. The number of nitrogens with two attached hydrogens (primary N) is 7. The number of hydrogen-bond donors (Lipinski definition) is 16. The monoisotopic (exact) mass is 1340 g/mol. The summed E-state index contributed by atoms with van der Waals surface area (Å²) < 4.78 is 0. The lowest BCUT2D eigenvalue weighted by molar-refractivity contribution is -0.148. The van der Waals surface area contributed by atoms with Gasteiger partial charge in [-0.25, -0.2) is 4.79 Å². The molecular weight excluding hydrogens is 1240 g/mol. The van der Waals surface area contributed by atoms with Crippen molar-refractivity contribution >= 4 is 77.0 Å². The Kier molecular flexibility index (Phi) is 25.7. The highest BCUT2D eigenvalue weighted by molar-refractivity contribution is 5.99. The van der Waals surface area contributed by atoms with Crippen molar-refractivity contribution in [2.24, 2.45) is 78.8 Å². The van der Waals surface area contributed by atoms with Crippen molar-refractivity contribution in [2.45, 2.75) is 170 Å². The van der Waals surface area contributed by atoms with Crippen molar-refractivity contribution < 1.29 is 63.3 Å². The Hall–Kier alpha value is -9.17. The second kappa shape index (κ2) is 34.0. The number of likely N-dealkylation sites (tertiary alicyclic amines) is 3. The first kappa shape index (κ1) is 72.7. The molecule has 96 heavy (non-hydrogen) atoms. The Morgan fingerprint density at radius 3 is 1.66 bits per heavy atom. The molecule has 3 heterocycles. The van der Waals surface area contributed by atoms with Crippen LogP contribution in [0.1, 0.15) is 106 Å². The highest BCUT2D eigenvalue weighted by Crippen LogP contribution is 2.42. The molecule has 524 valence electrons. The molecule has 0 bridgehead atoms. The molecule has 2 unspecified atom stereocenters. The third-order valence-corrected chi connectivity index (χ3v) is 19.3. The van der Waals surface area contributed by atoms with E-state index in [1.165, 1.54) is 9.80 Å². The minimum atomic E-state index is -1.68. The van der Waals surface area contributed by atoms with Crippen LogP contribution < -0.4 is 72.0 Å². The molecule has 3 saturated heterocycles. The zero-order valence-corrected chi connectivity index (χ0v) is 54.0. The van der Waals surface area contributed by atoms with E-state index in [2.05, 4.69) is 46.9 Å². The standard InChI is InChI=1S/C64H95N19O13/c65-43(17-7-21-72-62(66)67)53(87)76-44(18-8-22-73-63(68)69)58(92)81-24-10-20-47(81)59(93)82-32-41(85)29-48(82)55(89)75-30-49(86)79-50(39-25-34-11-1-2-12-35(34)26-39)56(90)78-46(33-84)54(88)80-51(40-27-36-13-3-4-14-37(36)28-40)60(94)83-31-38-15-5-6-16-42(38)52(83)57(91)77-45(61(95)96)19-9-23-74-64(70)71/h1-4,11-14,38-48,50-52,84-85H,5-10,15-33,65H2,(H,75,89)(H,76,87)(H,77,91)(H,78,90)(H,79,86)(H,80,88)(H,95,96)(H4,66,67,72)(H4,68,69,73)(H4,70,71,74)/t38?,41-,42?,43-,44-,45+,46+,47-,48-,50-,51-,52-/m1/s1. The molecule has 2 aromatic rings.